The normalized spacial score (nSPS) is 11.8. The molecule has 1 N–H and O–H groups in total. The highest BCUT2D eigenvalue weighted by Gasteiger charge is 2.16. The monoisotopic (exact) mass is 361 g/mol. The molecule has 3 heteroatoms. The molecular weight excluding hydrogens is 338 g/mol. The van der Waals surface area contributed by atoms with Gasteiger partial charge in [0.15, 0.2) is 0 Å². The molecule has 0 radical (unpaired) electrons. The van der Waals surface area contributed by atoms with Crippen molar-refractivity contribution in [1.29, 1.82) is 0 Å². The van der Waals surface area contributed by atoms with Crippen LogP contribution in [0, 0.1) is 6.92 Å². The maximum absolute atomic E-state index is 12.7. The largest absolute Gasteiger partial charge is 0.325 e. The zero-order valence-corrected chi connectivity index (χ0v) is 15.9. The lowest BCUT2D eigenvalue weighted by molar-refractivity contribution is -0.115. The van der Waals surface area contributed by atoms with E-state index in [1.54, 1.807) is 11.8 Å². The third kappa shape index (κ3) is 4.55. The summed E-state index contributed by atoms with van der Waals surface area (Å²) in [5, 5.41) is 2.97. The lowest BCUT2D eigenvalue weighted by atomic mass is 10.0. The van der Waals surface area contributed by atoms with Crippen molar-refractivity contribution in [2.75, 3.05) is 5.32 Å². The Morgan fingerprint density at radius 3 is 2.35 bits per heavy atom. The number of benzene rings is 3. The third-order valence-electron chi connectivity index (χ3n) is 4.39. The molecule has 0 aliphatic carbocycles. The number of aryl methyl sites for hydroxylation is 1. The average Bonchev–Trinajstić information content (AvgIpc) is 2.68. The predicted molar refractivity (Wildman–Crippen MR) is 112 cm³/mol. The maximum Gasteiger partial charge on any atom is 0.237 e. The molecule has 0 aromatic heterocycles. The van der Waals surface area contributed by atoms with E-state index in [2.05, 4.69) is 36.5 Å². The molecule has 0 aliphatic heterocycles. The quantitative estimate of drug-likeness (QED) is 0.590. The molecule has 3 aromatic rings. The Kier molecular flexibility index (Phi) is 6.13. The van der Waals surface area contributed by atoms with Crippen LogP contribution in [0.1, 0.15) is 18.1 Å². The van der Waals surface area contributed by atoms with Crippen molar-refractivity contribution in [2.24, 2.45) is 0 Å². The molecule has 2 nitrogen and oxygen atoms in total. The molecule has 0 fully saturated rings. The van der Waals surface area contributed by atoms with Crippen LogP contribution in [0.3, 0.4) is 0 Å². The summed E-state index contributed by atoms with van der Waals surface area (Å²) < 4.78 is 0. The number of thioether (sulfide) groups is 1. The van der Waals surface area contributed by atoms with Crippen molar-refractivity contribution in [2.45, 2.75) is 24.9 Å². The molecule has 0 saturated heterocycles. The number of carbonyl (C=O) groups excluding carboxylic acids is 1. The number of hydrogen-bond donors (Lipinski definition) is 1. The number of anilines is 1. The summed E-state index contributed by atoms with van der Waals surface area (Å²) in [5.41, 5.74) is 5.54. The second kappa shape index (κ2) is 8.72. The first-order valence-corrected chi connectivity index (χ1v) is 9.81. The first kappa shape index (κ1) is 18.3. The van der Waals surface area contributed by atoms with E-state index in [0.29, 0.717) is 0 Å². The van der Waals surface area contributed by atoms with Crippen LogP contribution in [0.4, 0.5) is 5.69 Å². The lowest BCUT2D eigenvalue weighted by Crippen LogP contribution is -2.23. The standard InChI is InChI=1S/C23H23NOS/c1-17-10-6-7-13-20(17)16-26-18(2)23(25)24-22-15-9-8-14-21(22)19-11-4-3-5-12-19/h3-15,18H,16H2,1-2H3,(H,24,25)/t18-/m0/s1. The van der Waals surface area contributed by atoms with Crippen molar-refractivity contribution in [3.8, 4) is 11.1 Å². The fourth-order valence-electron chi connectivity index (χ4n) is 2.76. The molecule has 3 rings (SSSR count). The van der Waals surface area contributed by atoms with Crippen molar-refractivity contribution in [3.05, 3.63) is 90.0 Å². The van der Waals surface area contributed by atoms with Crippen molar-refractivity contribution in [3.63, 3.8) is 0 Å². The zero-order chi connectivity index (χ0) is 18.4. The molecule has 132 valence electrons. The Labute approximate surface area is 159 Å². The second-order valence-electron chi connectivity index (χ2n) is 6.28. The van der Waals surface area contributed by atoms with Crippen LogP contribution < -0.4 is 5.32 Å². The lowest BCUT2D eigenvalue weighted by Gasteiger charge is -2.15. The SMILES string of the molecule is Cc1ccccc1CS[C@@H](C)C(=O)Nc1ccccc1-c1ccccc1. The van der Waals surface area contributed by atoms with Crippen LogP contribution in [-0.2, 0) is 10.5 Å². The van der Waals surface area contributed by atoms with Gasteiger partial charge in [-0.15, -0.1) is 11.8 Å². The highest BCUT2D eigenvalue weighted by atomic mass is 32.2. The van der Waals surface area contributed by atoms with Gasteiger partial charge in [0.1, 0.15) is 0 Å². The Bertz CT molecular complexity index is 876. The van der Waals surface area contributed by atoms with Gasteiger partial charge in [0.2, 0.25) is 5.91 Å². The van der Waals surface area contributed by atoms with Crippen LogP contribution in [0.5, 0.6) is 0 Å². The van der Waals surface area contributed by atoms with Crippen LogP contribution in [0.25, 0.3) is 11.1 Å². The van der Waals surface area contributed by atoms with E-state index in [9.17, 15) is 4.79 Å². The molecule has 0 aliphatic rings. The Morgan fingerprint density at radius 2 is 1.58 bits per heavy atom. The predicted octanol–water partition coefficient (Wildman–Crippen LogP) is 5.92. The van der Waals surface area contributed by atoms with Gasteiger partial charge in [-0.3, -0.25) is 4.79 Å². The number of hydrogen-bond acceptors (Lipinski definition) is 2. The minimum atomic E-state index is -0.126. The van der Waals surface area contributed by atoms with Crippen molar-refractivity contribution < 1.29 is 4.79 Å². The fraction of sp³-hybridized carbons (Fsp3) is 0.174. The van der Waals surface area contributed by atoms with Gasteiger partial charge in [0.05, 0.1) is 5.25 Å². The summed E-state index contributed by atoms with van der Waals surface area (Å²) in [7, 11) is 0. The number of amides is 1. The van der Waals surface area contributed by atoms with E-state index >= 15 is 0 Å². The average molecular weight is 362 g/mol. The van der Waals surface area contributed by atoms with Gasteiger partial charge >= 0.3 is 0 Å². The molecule has 1 amide bonds. The Balaban J connectivity index is 1.67. The molecule has 0 bridgehead atoms. The summed E-state index contributed by atoms with van der Waals surface area (Å²) >= 11 is 1.66. The van der Waals surface area contributed by atoms with E-state index in [0.717, 1.165) is 22.6 Å². The summed E-state index contributed by atoms with van der Waals surface area (Å²) in [5.74, 6) is 0.869. The summed E-state index contributed by atoms with van der Waals surface area (Å²) in [6.45, 7) is 4.07. The molecular formula is C23H23NOS. The van der Waals surface area contributed by atoms with E-state index in [4.69, 9.17) is 0 Å². The van der Waals surface area contributed by atoms with Crippen LogP contribution in [-0.4, -0.2) is 11.2 Å². The van der Waals surface area contributed by atoms with E-state index in [1.165, 1.54) is 11.1 Å². The summed E-state index contributed by atoms with van der Waals surface area (Å²) in [6, 6.07) is 26.4. The van der Waals surface area contributed by atoms with Gasteiger partial charge in [-0.1, -0.05) is 72.8 Å². The smallest absolute Gasteiger partial charge is 0.237 e. The second-order valence-corrected chi connectivity index (χ2v) is 7.61. The van der Waals surface area contributed by atoms with Crippen LogP contribution in [0.15, 0.2) is 78.9 Å². The fourth-order valence-corrected chi connectivity index (χ4v) is 3.72. The van der Waals surface area contributed by atoms with E-state index in [-0.39, 0.29) is 11.2 Å². The van der Waals surface area contributed by atoms with Gasteiger partial charge in [0.25, 0.3) is 0 Å². The Hall–Kier alpha value is -2.52. The number of para-hydroxylation sites is 1. The van der Waals surface area contributed by atoms with Gasteiger partial charge < -0.3 is 5.32 Å². The topological polar surface area (TPSA) is 29.1 Å². The van der Waals surface area contributed by atoms with Gasteiger partial charge in [-0.25, -0.2) is 0 Å². The molecule has 0 saturated carbocycles. The summed E-state index contributed by atoms with van der Waals surface area (Å²) in [4.78, 5) is 12.7. The minimum absolute atomic E-state index is 0.0342. The number of carbonyl (C=O) groups is 1. The van der Waals surface area contributed by atoms with Crippen molar-refractivity contribution in [1.82, 2.24) is 0 Å². The number of rotatable bonds is 6. The molecule has 26 heavy (non-hydrogen) atoms. The Morgan fingerprint density at radius 1 is 0.923 bits per heavy atom. The molecule has 3 aromatic carbocycles. The number of nitrogens with one attached hydrogen (secondary N) is 1. The molecule has 0 spiro atoms. The van der Waals surface area contributed by atoms with E-state index in [1.807, 2.05) is 61.5 Å². The zero-order valence-electron chi connectivity index (χ0n) is 15.1. The molecule has 1 atom stereocenters. The van der Waals surface area contributed by atoms with Gasteiger partial charge in [-0.2, -0.15) is 0 Å². The van der Waals surface area contributed by atoms with Crippen LogP contribution >= 0.6 is 11.8 Å². The minimum Gasteiger partial charge on any atom is -0.325 e. The van der Waals surface area contributed by atoms with E-state index < -0.39 is 0 Å². The highest BCUT2D eigenvalue weighted by molar-refractivity contribution is 7.99. The van der Waals surface area contributed by atoms with Gasteiger partial charge in [-0.05, 0) is 36.6 Å². The first-order chi connectivity index (χ1) is 12.6. The highest BCUT2D eigenvalue weighted by Crippen LogP contribution is 2.28. The summed E-state index contributed by atoms with van der Waals surface area (Å²) in [6.07, 6.45) is 0. The third-order valence-corrected chi connectivity index (χ3v) is 5.58. The van der Waals surface area contributed by atoms with Crippen molar-refractivity contribution >= 4 is 23.4 Å². The van der Waals surface area contributed by atoms with Crippen LogP contribution in [0.2, 0.25) is 0 Å². The maximum atomic E-state index is 12.7. The van der Waals surface area contributed by atoms with Gasteiger partial charge in [0, 0.05) is 17.0 Å². The first-order valence-electron chi connectivity index (χ1n) is 8.76. The molecule has 0 unspecified atom stereocenters. The molecule has 0 heterocycles.